The topological polar surface area (TPSA) is 84.2 Å². The summed E-state index contributed by atoms with van der Waals surface area (Å²) >= 11 is 1.86. The lowest BCUT2D eigenvalue weighted by molar-refractivity contribution is -0.127. The summed E-state index contributed by atoms with van der Waals surface area (Å²) in [6, 6.07) is -0.317. The summed E-state index contributed by atoms with van der Waals surface area (Å²) in [5.41, 5.74) is 5.72. The minimum atomic E-state index is -0.557. The van der Waals surface area contributed by atoms with E-state index in [-0.39, 0.29) is 42.7 Å². The van der Waals surface area contributed by atoms with Crippen LogP contribution in [0.25, 0.3) is 0 Å². The summed E-state index contributed by atoms with van der Waals surface area (Å²) < 4.78 is 0. The van der Waals surface area contributed by atoms with Gasteiger partial charge in [-0.3, -0.25) is 9.59 Å². The highest BCUT2D eigenvalue weighted by molar-refractivity contribution is 7.99. The fraction of sp³-hybridized carbons (Fsp3) is 0.857. The van der Waals surface area contributed by atoms with E-state index < -0.39 is 6.04 Å². The van der Waals surface area contributed by atoms with Gasteiger partial charge in [0.15, 0.2) is 0 Å². The van der Waals surface area contributed by atoms with Gasteiger partial charge >= 0.3 is 0 Å². The maximum atomic E-state index is 11.8. The molecule has 2 unspecified atom stereocenters. The minimum absolute atomic E-state index is 0. The van der Waals surface area contributed by atoms with Crippen molar-refractivity contribution in [2.45, 2.75) is 56.9 Å². The second kappa shape index (κ2) is 10.3. The van der Waals surface area contributed by atoms with Gasteiger partial charge in [-0.1, -0.05) is 20.3 Å². The molecule has 21 heavy (non-hydrogen) atoms. The number of hydrogen-bond acceptors (Lipinski definition) is 4. The second-order valence-corrected chi connectivity index (χ2v) is 6.91. The van der Waals surface area contributed by atoms with Crippen LogP contribution in [-0.2, 0) is 9.59 Å². The molecule has 1 fully saturated rings. The van der Waals surface area contributed by atoms with Gasteiger partial charge in [0, 0.05) is 11.3 Å². The van der Waals surface area contributed by atoms with E-state index in [0.717, 1.165) is 19.3 Å². The van der Waals surface area contributed by atoms with E-state index in [4.69, 9.17) is 5.73 Å². The second-order valence-electron chi connectivity index (χ2n) is 5.78. The maximum Gasteiger partial charge on any atom is 0.239 e. The molecule has 0 aromatic rings. The molecule has 2 amide bonds. The number of amides is 2. The fourth-order valence-electron chi connectivity index (χ4n) is 2.36. The van der Waals surface area contributed by atoms with Crippen molar-refractivity contribution >= 4 is 36.0 Å². The van der Waals surface area contributed by atoms with E-state index in [1.54, 1.807) is 0 Å². The number of rotatable bonds is 6. The Morgan fingerprint density at radius 2 is 2.00 bits per heavy atom. The van der Waals surface area contributed by atoms with Crippen LogP contribution in [-0.4, -0.2) is 41.9 Å². The first kappa shape index (κ1) is 20.5. The predicted octanol–water partition coefficient (Wildman–Crippen LogP) is 1.30. The number of halogens is 1. The third-order valence-corrected chi connectivity index (χ3v) is 4.86. The number of carbonyl (C=O) groups excluding carboxylic acids is 2. The normalized spacial score (nSPS) is 23.1. The van der Waals surface area contributed by atoms with Crippen molar-refractivity contribution in [1.29, 1.82) is 0 Å². The molecule has 1 aliphatic rings. The van der Waals surface area contributed by atoms with E-state index in [2.05, 4.69) is 16.9 Å². The van der Waals surface area contributed by atoms with Crippen molar-refractivity contribution in [2.24, 2.45) is 11.7 Å². The zero-order valence-electron chi connectivity index (χ0n) is 13.1. The molecule has 0 aromatic heterocycles. The largest absolute Gasteiger partial charge is 0.352 e. The highest BCUT2D eigenvalue weighted by atomic mass is 35.5. The molecule has 1 saturated carbocycles. The molecule has 0 radical (unpaired) electrons. The van der Waals surface area contributed by atoms with Crippen molar-refractivity contribution in [3.05, 3.63) is 0 Å². The molecule has 0 aliphatic heterocycles. The Labute approximate surface area is 138 Å². The average Bonchev–Trinajstić information content (AvgIpc) is 2.43. The van der Waals surface area contributed by atoms with Crippen LogP contribution in [0.3, 0.4) is 0 Å². The first-order chi connectivity index (χ1) is 9.43. The molecule has 0 saturated heterocycles. The lowest BCUT2D eigenvalue weighted by atomic mass is 9.95. The summed E-state index contributed by atoms with van der Waals surface area (Å²) in [6.45, 7) is 3.78. The van der Waals surface area contributed by atoms with Crippen LogP contribution < -0.4 is 16.4 Å². The molecule has 1 rings (SSSR count). The smallest absolute Gasteiger partial charge is 0.239 e. The molecule has 0 heterocycles. The molecular formula is C14H28ClN3O2S. The quantitative estimate of drug-likeness (QED) is 0.682. The predicted molar refractivity (Wildman–Crippen MR) is 90.8 cm³/mol. The molecule has 4 N–H and O–H groups in total. The van der Waals surface area contributed by atoms with Crippen molar-refractivity contribution in [3.8, 4) is 0 Å². The van der Waals surface area contributed by atoms with Crippen LogP contribution in [0, 0.1) is 5.92 Å². The number of thioether (sulfide) groups is 1. The molecule has 124 valence electrons. The Morgan fingerprint density at radius 1 is 1.33 bits per heavy atom. The molecule has 3 atom stereocenters. The highest BCUT2D eigenvalue weighted by Gasteiger charge is 2.23. The molecule has 1 aliphatic carbocycles. The zero-order chi connectivity index (χ0) is 15.1. The van der Waals surface area contributed by atoms with Crippen LogP contribution >= 0.6 is 24.2 Å². The Balaban J connectivity index is 0.00000400. The third kappa shape index (κ3) is 7.38. The average molecular weight is 338 g/mol. The van der Waals surface area contributed by atoms with Crippen molar-refractivity contribution in [2.75, 3.05) is 12.8 Å². The first-order valence-electron chi connectivity index (χ1n) is 7.29. The Bertz CT molecular complexity index is 342. The maximum absolute atomic E-state index is 11.8. The first-order valence-corrected chi connectivity index (χ1v) is 8.58. The van der Waals surface area contributed by atoms with Crippen LogP contribution in [0.4, 0.5) is 0 Å². The molecule has 7 heteroatoms. The van der Waals surface area contributed by atoms with Crippen LogP contribution in [0.1, 0.15) is 39.5 Å². The van der Waals surface area contributed by atoms with Crippen molar-refractivity contribution in [1.82, 2.24) is 10.6 Å². The number of nitrogens with two attached hydrogens (primary N) is 1. The van der Waals surface area contributed by atoms with Gasteiger partial charge in [0.2, 0.25) is 11.8 Å². The zero-order valence-corrected chi connectivity index (χ0v) is 14.7. The van der Waals surface area contributed by atoms with Crippen LogP contribution in [0.5, 0.6) is 0 Å². The van der Waals surface area contributed by atoms with E-state index >= 15 is 0 Å². The Morgan fingerprint density at radius 3 is 2.57 bits per heavy atom. The monoisotopic (exact) mass is 337 g/mol. The molecular weight excluding hydrogens is 310 g/mol. The molecule has 0 aromatic carbocycles. The summed E-state index contributed by atoms with van der Waals surface area (Å²) in [5, 5.41) is 6.23. The number of carbonyl (C=O) groups is 2. The molecule has 0 bridgehead atoms. The summed E-state index contributed by atoms with van der Waals surface area (Å²) in [5.74, 6) is -0.319. The van der Waals surface area contributed by atoms with Gasteiger partial charge < -0.3 is 16.4 Å². The lowest BCUT2D eigenvalue weighted by Crippen LogP contribution is -2.49. The standard InChI is InChI=1S/C14H27N3O2S.ClH/c1-9(2)13(15)14(19)16-8-12(18)17-10-5-4-6-11(7-10)20-3;/h9-11,13H,4-8,15H2,1-3H3,(H,16,19)(H,17,18);1H/t10?,11?,13-;/m0./s1. The van der Waals surface area contributed by atoms with Gasteiger partial charge in [0.25, 0.3) is 0 Å². The van der Waals surface area contributed by atoms with Gasteiger partial charge in [-0.05, 0) is 31.4 Å². The summed E-state index contributed by atoms with van der Waals surface area (Å²) in [6.07, 6.45) is 6.55. The van der Waals surface area contributed by atoms with Crippen molar-refractivity contribution in [3.63, 3.8) is 0 Å². The number of nitrogens with one attached hydrogen (secondary N) is 2. The van der Waals surface area contributed by atoms with Crippen molar-refractivity contribution < 1.29 is 9.59 Å². The van der Waals surface area contributed by atoms with E-state index in [0.29, 0.717) is 5.25 Å². The van der Waals surface area contributed by atoms with Crippen LogP contribution in [0.2, 0.25) is 0 Å². The van der Waals surface area contributed by atoms with Gasteiger partial charge in [-0.25, -0.2) is 0 Å². The van der Waals surface area contributed by atoms with E-state index in [9.17, 15) is 9.59 Å². The Hall–Kier alpha value is -0.460. The summed E-state index contributed by atoms with van der Waals surface area (Å²) in [4.78, 5) is 23.5. The fourth-order valence-corrected chi connectivity index (χ4v) is 3.18. The summed E-state index contributed by atoms with van der Waals surface area (Å²) in [7, 11) is 0. The number of hydrogen-bond donors (Lipinski definition) is 3. The highest BCUT2D eigenvalue weighted by Crippen LogP contribution is 2.26. The van der Waals surface area contributed by atoms with Gasteiger partial charge in [0.05, 0.1) is 12.6 Å². The molecule has 0 spiro atoms. The Kier molecular flexibility index (Phi) is 10.1. The van der Waals surface area contributed by atoms with Gasteiger partial charge in [0.1, 0.15) is 0 Å². The van der Waals surface area contributed by atoms with Crippen LogP contribution in [0.15, 0.2) is 0 Å². The lowest BCUT2D eigenvalue weighted by Gasteiger charge is -2.28. The third-order valence-electron chi connectivity index (χ3n) is 3.77. The minimum Gasteiger partial charge on any atom is -0.352 e. The van der Waals surface area contributed by atoms with E-state index in [1.807, 2.05) is 25.6 Å². The van der Waals surface area contributed by atoms with Gasteiger partial charge in [-0.2, -0.15) is 11.8 Å². The molecule has 5 nitrogen and oxygen atoms in total. The SMILES string of the molecule is CSC1CCCC(NC(=O)CNC(=O)[C@@H](N)C(C)C)C1.Cl. The van der Waals surface area contributed by atoms with Gasteiger partial charge in [-0.15, -0.1) is 12.4 Å². The van der Waals surface area contributed by atoms with E-state index in [1.165, 1.54) is 6.42 Å².